The van der Waals surface area contributed by atoms with E-state index in [1.54, 1.807) is 0 Å². The third kappa shape index (κ3) is 2.60. The normalized spacial score (nSPS) is 27.7. The standard InChI is InChI=1S/C8H17N3O2S/c1-3-10-8(9)11-4-5-14(12,13)6-7(11)2/h7H,3-6H2,1-2H3,(H2,9,10). The molecule has 0 radical (unpaired) electrons. The van der Waals surface area contributed by atoms with Gasteiger partial charge >= 0.3 is 0 Å². The molecular weight excluding hydrogens is 202 g/mol. The fourth-order valence-electron chi connectivity index (χ4n) is 1.59. The highest BCUT2D eigenvalue weighted by Crippen LogP contribution is 2.10. The molecule has 1 unspecified atom stereocenters. The number of rotatable bonds is 1. The van der Waals surface area contributed by atoms with Crippen LogP contribution >= 0.6 is 0 Å². The van der Waals surface area contributed by atoms with Gasteiger partial charge in [0.05, 0.1) is 11.5 Å². The van der Waals surface area contributed by atoms with Gasteiger partial charge in [0.15, 0.2) is 15.8 Å². The van der Waals surface area contributed by atoms with E-state index in [1.807, 2.05) is 18.7 Å². The van der Waals surface area contributed by atoms with Crippen LogP contribution in [0.5, 0.6) is 0 Å². The summed E-state index contributed by atoms with van der Waals surface area (Å²) < 4.78 is 22.6. The Morgan fingerprint density at radius 2 is 2.29 bits per heavy atom. The summed E-state index contributed by atoms with van der Waals surface area (Å²) in [6, 6.07) is -0.0657. The lowest BCUT2D eigenvalue weighted by Gasteiger charge is -2.33. The topological polar surface area (TPSA) is 75.8 Å². The maximum Gasteiger partial charge on any atom is 0.191 e. The number of hydrogen-bond donors (Lipinski definition) is 1. The van der Waals surface area contributed by atoms with Gasteiger partial charge in [-0.05, 0) is 13.8 Å². The van der Waals surface area contributed by atoms with Gasteiger partial charge in [-0.2, -0.15) is 0 Å². The van der Waals surface area contributed by atoms with E-state index in [4.69, 9.17) is 5.73 Å². The molecule has 82 valence electrons. The Balaban J connectivity index is 2.72. The fourth-order valence-corrected chi connectivity index (χ4v) is 3.15. The molecule has 0 saturated carbocycles. The Bertz CT molecular complexity index is 323. The van der Waals surface area contributed by atoms with Crippen LogP contribution in [0.3, 0.4) is 0 Å². The zero-order valence-electron chi connectivity index (χ0n) is 8.60. The third-order valence-electron chi connectivity index (χ3n) is 2.28. The molecule has 2 N–H and O–H groups in total. The fraction of sp³-hybridized carbons (Fsp3) is 0.875. The number of aliphatic imine (C=N–C) groups is 1. The van der Waals surface area contributed by atoms with E-state index in [-0.39, 0.29) is 17.5 Å². The first-order valence-electron chi connectivity index (χ1n) is 4.73. The van der Waals surface area contributed by atoms with Crippen molar-refractivity contribution in [2.75, 3.05) is 24.6 Å². The molecule has 1 aliphatic heterocycles. The van der Waals surface area contributed by atoms with Crippen LogP contribution < -0.4 is 5.73 Å². The van der Waals surface area contributed by atoms with Crippen LogP contribution in [0.15, 0.2) is 4.99 Å². The predicted octanol–water partition coefficient (Wildman–Crippen LogP) is -0.560. The molecule has 6 heteroatoms. The molecule has 0 aromatic rings. The number of guanidine groups is 1. The second-order valence-electron chi connectivity index (χ2n) is 3.49. The van der Waals surface area contributed by atoms with E-state index in [9.17, 15) is 8.42 Å². The molecule has 0 aromatic heterocycles. The Labute approximate surface area is 84.9 Å². The lowest BCUT2D eigenvalue weighted by Crippen LogP contribution is -2.52. The largest absolute Gasteiger partial charge is 0.370 e. The van der Waals surface area contributed by atoms with Gasteiger partial charge in [-0.15, -0.1) is 0 Å². The maximum absolute atomic E-state index is 11.3. The molecule has 1 rings (SSSR count). The van der Waals surface area contributed by atoms with Crippen molar-refractivity contribution in [3.63, 3.8) is 0 Å². The minimum atomic E-state index is -2.87. The van der Waals surface area contributed by atoms with Crippen molar-refractivity contribution in [3.05, 3.63) is 0 Å². The molecule has 1 heterocycles. The van der Waals surface area contributed by atoms with Crippen molar-refractivity contribution in [1.82, 2.24) is 4.90 Å². The second-order valence-corrected chi connectivity index (χ2v) is 5.72. The molecule has 14 heavy (non-hydrogen) atoms. The molecule has 1 aliphatic rings. The van der Waals surface area contributed by atoms with Crippen molar-refractivity contribution in [3.8, 4) is 0 Å². The quantitative estimate of drug-likeness (QED) is 0.474. The van der Waals surface area contributed by atoms with Crippen LogP contribution in [0.25, 0.3) is 0 Å². The van der Waals surface area contributed by atoms with Crippen LogP contribution in [0, 0.1) is 0 Å². The zero-order valence-corrected chi connectivity index (χ0v) is 9.42. The van der Waals surface area contributed by atoms with Crippen molar-refractivity contribution < 1.29 is 8.42 Å². The number of nitrogens with two attached hydrogens (primary N) is 1. The van der Waals surface area contributed by atoms with E-state index in [1.165, 1.54) is 0 Å². The van der Waals surface area contributed by atoms with E-state index >= 15 is 0 Å². The predicted molar refractivity (Wildman–Crippen MR) is 57.0 cm³/mol. The molecule has 1 atom stereocenters. The summed E-state index contributed by atoms with van der Waals surface area (Å²) in [5.74, 6) is 0.805. The smallest absolute Gasteiger partial charge is 0.191 e. The van der Waals surface area contributed by atoms with E-state index in [2.05, 4.69) is 4.99 Å². The second kappa shape index (κ2) is 4.16. The molecule has 0 amide bonds. The van der Waals surface area contributed by atoms with Crippen molar-refractivity contribution in [1.29, 1.82) is 0 Å². The molecule has 5 nitrogen and oxygen atoms in total. The summed E-state index contributed by atoms with van der Waals surface area (Å²) in [7, 11) is -2.87. The van der Waals surface area contributed by atoms with Crippen LogP contribution in [0.2, 0.25) is 0 Å². The summed E-state index contributed by atoms with van der Waals surface area (Å²) in [6.07, 6.45) is 0. The number of nitrogens with zero attached hydrogens (tertiary/aromatic N) is 2. The van der Waals surface area contributed by atoms with Gasteiger partial charge in [-0.25, -0.2) is 8.42 Å². The maximum atomic E-state index is 11.3. The molecule has 1 fully saturated rings. The summed E-state index contributed by atoms with van der Waals surface area (Å²) in [4.78, 5) is 5.92. The first-order valence-corrected chi connectivity index (χ1v) is 6.55. The van der Waals surface area contributed by atoms with Gasteiger partial charge in [0, 0.05) is 19.1 Å². The molecular formula is C8H17N3O2S. The zero-order chi connectivity index (χ0) is 10.8. The molecule has 0 spiro atoms. The Morgan fingerprint density at radius 1 is 1.64 bits per heavy atom. The SMILES string of the molecule is CCN=C(N)N1CCS(=O)(=O)CC1C. The van der Waals surface area contributed by atoms with E-state index < -0.39 is 9.84 Å². The Kier molecular flexibility index (Phi) is 3.36. The molecule has 0 aliphatic carbocycles. The van der Waals surface area contributed by atoms with Crippen molar-refractivity contribution in [2.24, 2.45) is 10.7 Å². The van der Waals surface area contributed by atoms with Crippen molar-refractivity contribution >= 4 is 15.8 Å². The minimum Gasteiger partial charge on any atom is -0.370 e. The Morgan fingerprint density at radius 3 is 2.79 bits per heavy atom. The highest BCUT2D eigenvalue weighted by atomic mass is 32.2. The third-order valence-corrected chi connectivity index (χ3v) is 4.08. The summed E-state index contributed by atoms with van der Waals surface area (Å²) in [5.41, 5.74) is 5.72. The summed E-state index contributed by atoms with van der Waals surface area (Å²) in [6.45, 7) is 4.84. The summed E-state index contributed by atoms with van der Waals surface area (Å²) in [5, 5.41) is 0. The van der Waals surface area contributed by atoms with Gasteiger partial charge in [0.25, 0.3) is 0 Å². The first-order chi connectivity index (χ1) is 6.46. The molecule has 0 aromatic carbocycles. The van der Waals surface area contributed by atoms with Gasteiger partial charge in [-0.3, -0.25) is 4.99 Å². The van der Waals surface area contributed by atoms with Gasteiger partial charge in [-0.1, -0.05) is 0 Å². The average molecular weight is 219 g/mol. The Hall–Kier alpha value is -0.780. The molecule has 1 saturated heterocycles. The lowest BCUT2D eigenvalue weighted by molar-refractivity contribution is 0.348. The van der Waals surface area contributed by atoms with Gasteiger partial charge in [0.2, 0.25) is 0 Å². The van der Waals surface area contributed by atoms with E-state index in [0.717, 1.165) is 0 Å². The lowest BCUT2D eigenvalue weighted by atomic mass is 10.3. The molecule has 0 bridgehead atoms. The van der Waals surface area contributed by atoms with Crippen molar-refractivity contribution in [2.45, 2.75) is 19.9 Å². The highest BCUT2D eigenvalue weighted by Gasteiger charge is 2.28. The van der Waals surface area contributed by atoms with Gasteiger partial charge < -0.3 is 10.6 Å². The monoisotopic (exact) mass is 219 g/mol. The van der Waals surface area contributed by atoms with Crippen LogP contribution in [-0.2, 0) is 9.84 Å². The number of hydrogen-bond acceptors (Lipinski definition) is 3. The number of sulfone groups is 1. The average Bonchev–Trinajstić information content (AvgIpc) is 2.02. The van der Waals surface area contributed by atoms with Crippen LogP contribution in [0.4, 0.5) is 0 Å². The van der Waals surface area contributed by atoms with Crippen LogP contribution in [-0.4, -0.2) is 49.9 Å². The first kappa shape index (κ1) is 11.3. The summed E-state index contributed by atoms with van der Waals surface area (Å²) >= 11 is 0. The minimum absolute atomic E-state index is 0.0657. The van der Waals surface area contributed by atoms with Crippen LogP contribution in [0.1, 0.15) is 13.8 Å². The van der Waals surface area contributed by atoms with E-state index in [0.29, 0.717) is 19.0 Å². The highest BCUT2D eigenvalue weighted by molar-refractivity contribution is 7.91. The van der Waals surface area contributed by atoms with Gasteiger partial charge in [0.1, 0.15) is 0 Å².